The Morgan fingerprint density at radius 3 is 2.62 bits per heavy atom. The van der Waals surface area contributed by atoms with Crippen molar-refractivity contribution in [1.82, 2.24) is 5.32 Å². The molecule has 0 saturated heterocycles. The number of hydrogen-bond donors (Lipinski definition) is 1. The second kappa shape index (κ2) is 6.40. The van der Waals surface area contributed by atoms with E-state index in [1.54, 1.807) is 11.3 Å². The number of thiophene rings is 1. The number of carbonyl (C=O) groups is 1. The Kier molecular flexibility index (Phi) is 5.49. The standard InChI is InChI=1S/C12H18BrNOS/c1-3-12(4-2,9-13)14-11(15)7-10-5-6-16-8-10/h5-6,8H,3-4,7,9H2,1-2H3,(H,14,15). The number of amides is 1. The van der Waals surface area contributed by atoms with E-state index in [0.29, 0.717) is 6.42 Å². The maximum Gasteiger partial charge on any atom is 0.224 e. The summed E-state index contributed by atoms with van der Waals surface area (Å²) in [5.74, 6) is 0.113. The second-order valence-corrected chi connectivity index (χ2v) is 5.32. The maximum absolute atomic E-state index is 11.9. The van der Waals surface area contributed by atoms with Crippen LogP contribution >= 0.6 is 27.3 Å². The van der Waals surface area contributed by atoms with Crippen LogP contribution in [0.1, 0.15) is 32.3 Å². The Labute approximate surface area is 110 Å². The average molecular weight is 304 g/mol. The molecule has 0 atom stereocenters. The molecule has 2 nitrogen and oxygen atoms in total. The van der Waals surface area contributed by atoms with Gasteiger partial charge in [0.2, 0.25) is 5.91 Å². The van der Waals surface area contributed by atoms with Crippen LogP contribution in [-0.2, 0) is 11.2 Å². The molecule has 0 bridgehead atoms. The lowest BCUT2D eigenvalue weighted by atomic mass is 9.95. The first-order valence-electron chi connectivity index (χ1n) is 5.54. The van der Waals surface area contributed by atoms with E-state index in [1.807, 2.05) is 16.8 Å². The van der Waals surface area contributed by atoms with Gasteiger partial charge in [0.05, 0.1) is 6.42 Å². The molecule has 0 aliphatic rings. The minimum absolute atomic E-state index is 0.0902. The number of hydrogen-bond acceptors (Lipinski definition) is 2. The third kappa shape index (κ3) is 3.59. The van der Waals surface area contributed by atoms with Crippen LogP contribution < -0.4 is 5.32 Å². The maximum atomic E-state index is 11.9. The summed E-state index contributed by atoms with van der Waals surface area (Å²) in [5.41, 5.74) is 1.01. The van der Waals surface area contributed by atoms with E-state index in [-0.39, 0.29) is 11.4 Å². The third-order valence-corrected chi connectivity index (χ3v) is 4.76. The van der Waals surface area contributed by atoms with Crippen molar-refractivity contribution in [2.45, 2.75) is 38.6 Å². The van der Waals surface area contributed by atoms with E-state index in [0.717, 1.165) is 23.7 Å². The van der Waals surface area contributed by atoms with Gasteiger partial charge in [0.1, 0.15) is 0 Å². The Balaban J connectivity index is 2.55. The topological polar surface area (TPSA) is 29.1 Å². The van der Waals surface area contributed by atoms with Crippen LogP contribution in [0, 0.1) is 0 Å². The van der Waals surface area contributed by atoms with Crippen molar-refractivity contribution in [2.24, 2.45) is 0 Å². The Bertz CT molecular complexity index is 312. The lowest BCUT2D eigenvalue weighted by Crippen LogP contribution is -2.49. The number of carbonyl (C=O) groups excluding carboxylic acids is 1. The number of rotatable bonds is 6. The molecule has 0 aromatic carbocycles. The van der Waals surface area contributed by atoms with Gasteiger partial charge in [-0.25, -0.2) is 0 Å². The van der Waals surface area contributed by atoms with Crippen LogP contribution in [0.2, 0.25) is 0 Å². The SMILES string of the molecule is CCC(CC)(CBr)NC(=O)Cc1ccsc1. The van der Waals surface area contributed by atoms with Crippen LogP contribution in [0.25, 0.3) is 0 Å². The first-order chi connectivity index (χ1) is 7.65. The van der Waals surface area contributed by atoms with Crippen LogP contribution in [0.4, 0.5) is 0 Å². The largest absolute Gasteiger partial charge is 0.350 e. The summed E-state index contributed by atoms with van der Waals surface area (Å²) in [7, 11) is 0. The van der Waals surface area contributed by atoms with E-state index < -0.39 is 0 Å². The molecule has 1 N–H and O–H groups in total. The predicted molar refractivity (Wildman–Crippen MR) is 73.3 cm³/mol. The highest BCUT2D eigenvalue weighted by Crippen LogP contribution is 2.18. The zero-order chi connectivity index (χ0) is 12.0. The van der Waals surface area contributed by atoms with Crippen molar-refractivity contribution < 1.29 is 4.79 Å². The fourth-order valence-corrected chi connectivity index (χ4v) is 3.17. The fourth-order valence-electron chi connectivity index (χ4n) is 1.57. The Morgan fingerprint density at radius 1 is 1.50 bits per heavy atom. The molecule has 16 heavy (non-hydrogen) atoms. The molecule has 0 aliphatic carbocycles. The predicted octanol–water partition coefficient (Wildman–Crippen LogP) is 3.36. The molecule has 90 valence electrons. The Hall–Kier alpha value is -0.350. The van der Waals surface area contributed by atoms with Gasteiger partial charge in [-0.05, 0) is 35.2 Å². The average Bonchev–Trinajstić information content (AvgIpc) is 2.79. The van der Waals surface area contributed by atoms with E-state index in [9.17, 15) is 4.79 Å². The minimum atomic E-state index is -0.0902. The summed E-state index contributed by atoms with van der Waals surface area (Å²) in [6.45, 7) is 4.21. The molecule has 1 amide bonds. The number of halogens is 1. The summed E-state index contributed by atoms with van der Waals surface area (Å²) in [4.78, 5) is 11.9. The van der Waals surface area contributed by atoms with E-state index in [2.05, 4.69) is 35.1 Å². The molecule has 1 rings (SSSR count). The quantitative estimate of drug-likeness (QED) is 0.802. The molecule has 0 fully saturated rings. The number of nitrogens with one attached hydrogen (secondary N) is 1. The van der Waals surface area contributed by atoms with Crippen LogP contribution in [0.15, 0.2) is 16.8 Å². The summed E-state index contributed by atoms with van der Waals surface area (Å²) in [5, 5.41) is 7.97. The van der Waals surface area contributed by atoms with Crippen LogP contribution in [-0.4, -0.2) is 16.8 Å². The second-order valence-electron chi connectivity index (χ2n) is 3.98. The highest BCUT2D eigenvalue weighted by atomic mass is 79.9. The summed E-state index contributed by atoms with van der Waals surface area (Å²) < 4.78 is 0. The normalized spacial score (nSPS) is 11.4. The molecule has 4 heteroatoms. The van der Waals surface area contributed by atoms with Gasteiger partial charge in [0, 0.05) is 10.9 Å². The highest BCUT2D eigenvalue weighted by Gasteiger charge is 2.26. The van der Waals surface area contributed by atoms with Crippen molar-refractivity contribution in [2.75, 3.05) is 5.33 Å². The van der Waals surface area contributed by atoms with Crippen LogP contribution in [0.5, 0.6) is 0 Å². The summed E-state index contributed by atoms with van der Waals surface area (Å²) in [6.07, 6.45) is 2.38. The molecular formula is C12H18BrNOS. The van der Waals surface area contributed by atoms with Gasteiger partial charge in [-0.2, -0.15) is 11.3 Å². The molecule has 0 saturated carbocycles. The van der Waals surface area contributed by atoms with E-state index in [4.69, 9.17) is 0 Å². The lowest BCUT2D eigenvalue weighted by Gasteiger charge is -2.30. The zero-order valence-electron chi connectivity index (χ0n) is 9.75. The van der Waals surface area contributed by atoms with Crippen molar-refractivity contribution in [3.63, 3.8) is 0 Å². The number of alkyl halides is 1. The van der Waals surface area contributed by atoms with Gasteiger partial charge >= 0.3 is 0 Å². The lowest BCUT2D eigenvalue weighted by molar-refractivity contribution is -0.122. The van der Waals surface area contributed by atoms with Crippen LogP contribution in [0.3, 0.4) is 0 Å². The van der Waals surface area contributed by atoms with Gasteiger partial charge in [-0.3, -0.25) is 4.79 Å². The zero-order valence-corrected chi connectivity index (χ0v) is 12.2. The first-order valence-corrected chi connectivity index (χ1v) is 7.60. The summed E-state index contributed by atoms with van der Waals surface area (Å²) in [6, 6.07) is 2.00. The highest BCUT2D eigenvalue weighted by molar-refractivity contribution is 9.09. The monoisotopic (exact) mass is 303 g/mol. The van der Waals surface area contributed by atoms with Crippen molar-refractivity contribution >= 4 is 33.2 Å². The molecule has 1 aromatic rings. The van der Waals surface area contributed by atoms with Crippen molar-refractivity contribution in [1.29, 1.82) is 0 Å². The summed E-state index contributed by atoms with van der Waals surface area (Å²) >= 11 is 5.11. The first kappa shape index (κ1) is 13.7. The van der Waals surface area contributed by atoms with E-state index in [1.165, 1.54) is 0 Å². The van der Waals surface area contributed by atoms with E-state index >= 15 is 0 Å². The molecule has 0 aliphatic heterocycles. The molecule has 0 unspecified atom stereocenters. The molecule has 1 aromatic heterocycles. The van der Waals surface area contributed by atoms with Gasteiger partial charge in [-0.15, -0.1) is 0 Å². The van der Waals surface area contributed by atoms with Gasteiger partial charge < -0.3 is 5.32 Å². The van der Waals surface area contributed by atoms with Crippen molar-refractivity contribution in [3.8, 4) is 0 Å². The smallest absolute Gasteiger partial charge is 0.224 e. The molecular weight excluding hydrogens is 286 g/mol. The third-order valence-electron chi connectivity index (χ3n) is 2.96. The van der Waals surface area contributed by atoms with Crippen molar-refractivity contribution in [3.05, 3.63) is 22.4 Å². The van der Waals surface area contributed by atoms with Gasteiger partial charge in [-0.1, -0.05) is 29.8 Å². The Morgan fingerprint density at radius 2 is 2.19 bits per heavy atom. The fraction of sp³-hybridized carbons (Fsp3) is 0.583. The molecule has 1 heterocycles. The molecule has 0 radical (unpaired) electrons. The molecule has 0 spiro atoms. The minimum Gasteiger partial charge on any atom is -0.350 e. The van der Waals surface area contributed by atoms with Gasteiger partial charge in [0.15, 0.2) is 0 Å². The van der Waals surface area contributed by atoms with Gasteiger partial charge in [0.25, 0.3) is 0 Å².